The molecule has 0 heterocycles. The topological polar surface area (TPSA) is 17.1 Å². The van der Waals surface area contributed by atoms with Gasteiger partial charge in [-0.25, -0.2) is 0 Å². The monoisotopic (exact) mass is 306 g/mol. The number of benzene rings is 2. The van der Waals surface area contributed by atoms with E-state index in [-0.39, 0.29) is 0 Å². The maximum Gasteiger partial charge on any atom is 0.150 e. The Morgan fingerprint density at radius 2 is 1.74 bits per heavy atom. The van der Waals surface area contributed by atoms with Crippen LogP contribution in [0, 0.1) is 0 Å². The number of hydrogen-bond acceptors (Lipinski definition) is 1. The summed E-state index contributed by atoms with van der Waals surface area (Å²) in [6.45, 7) is 2.22. The number of hydrogen-bond donors (Lipinski definition) is 0. The fourth-order valence-electron chi connectivity index (χ4n) is 4.04. The molecule has 1 fully saturated rings. The average Bonchev–Trinajstić information content (AvgIpc) is 2.63. The molecule has 1 heteroatoms. The molecule has 0 saturated heterocycles. The number of carbonyl (C=O) groups excluding carboxylic acids is 1. The molecule has 2 aromatic carbocycles. The van der Waals surface area contributed by atoms with Crippen molar-refractivity contribution >= 4 is 6.29 Å². The molecule has 23 heavy (non-hydrogen) atoms. The molecule has 0 radical (unpaired) electrons. The molecule has 1 nitrogen and oxygen atoms in total. The molecule has 1 saturated carbocycles. The Balaban J connectivity index is 2.14. The number of aryl methyl sites for hydroxylation is 1. The third-order valence-electron chi connectivity index (χ3n) is 5.11. The first-order valence-electron chi connectivity index (χ1n) is 9.01. The van der Waals surface area contributed by atoms with Gasteiger partial charge in [0.25, 0.3) is 0 Å². The molecule has 0 atom stereocenters. The lowest BCUT2D eigenvalue weighted by Crippen LogP contribution is -2.11. The van der Waals surface area contributed by atoms with Crippen LogP contribution in [0.4, 0.5) is 0 Å². The van der Waals surface area contributed by atoms with Crippen molar-refractivity contribution < 1.29 is 4.79 Å². The first-order chi connectivity index (χ1) is 11.3. The van der Waals surface area contributed by atoms with E-state index in [1.165, 1.54) is 43.2 Å². The highest BCUT2D eigenvalue weighted by atomic mass is 16.1. The summed E-state index contributed by atoms with van der Waals surface area (Å²) in [6.07, 6.45) is 9.70. The van der Waals surface area contributed by atoms with Gasteiger partial charge < -0.3 is 0 Å². The van der Waals surface area contributed by atoms with Crippen LogP contribution in [0.15, 0.2) is 42.5 Å². The Morgan fingerprint density at radius 1 is 1.00 bits per heavy atom. The molecule has 0 N–H and O–H groups in total. The van der Waals surface area contributed by atoms with Gasteiger partial charge in [-0.3, -0.25) is 4.79 Å². The van der Waals surface area contributed by atoms with Crippen LogP contribution in [0.2, 0.25) is 0 Å². The fourth-order valence-corrected chi connectivity index (χ4v) is 4.04. The van der Waals surface area contributed by atoms with Crippen LogP contribution >= 0.6 is 0 Å². The molecule has 1 aliphatic rings. The molecule has 0 bridgehead atoms. The van der Waals surface area contributed by atoms with Gasteiger partial charge >= 0.3 is 0 Å². The SMILES string of the molecule is CCCc1ccc(-c2ccccc2)c(C=O)c1C1CCCCC1. The zero-order valence-electron chi connectivity index (χ0n) is 14.1. The molecular weight excluding hydrogens is 280 g/mol. The quantitative estimate of drug-likeness (QED) is 0.604. The van der Waals surface area contributed by atoms with E-state index in [4.69, 9.17) is 0 Å². The normalized spacial score (nSPS) is 15.5. The van der Waals surface area contributed by atoms with E-state index in [9.17, 15) is 4.79 Å². The predicted molar refractivity (Wildman–Crippen MR) is 97.1 cm³/mol. The van der Waals surface area contributed by atoms with Crippen LogP contribution in [0.1, 0.15) is 72.9 Å². The highest BCUT2D eigenvalue weighted by Gasteiger charge is 2.23. The molecule has 3 rings (SSSR count). The first-order valence-corrected chi connectivity index (χ1v) is 9.01. The summed E-state index contributed by atoms with van der Waals surface area (Å²) in [7, 11) is 0. The molecule has 0 amide bonds. The van der Waals surface area contributed by atoms with Gasteiger partial charge in [0.1, 0.15) is 0 Å². The van der Waals surface area contributed by atoms with Crippen LogP contribution < -0.4 is 0 Å². The zero-order chi connectivity index (χ0) is 16.1. The second kappa shape index (κ2) is 7.59. The van der Waals surface area contributed by atoms with E-state index >= 15 is 0 Å². The average molecular weight is 306 g/mol. The fraction of sp³-hybridized carbons (Fsp3) is 0.409. The highest BCUT2D eigenvalue weighted by molar-refractivity contribution is 5.90. The van der Waals surface area contributed by atoms with Crippen molar-refractivity contribution in [2.24, 2.45) is 0 Å². The molecule has 0 spiro atoms. The van der Waals surface area contributed by atoms with Crippen LogP contribution in [0.5, 0.6) is 0 Å². The summed E-state index contributed by atoms with van der Waals surface area (Å²) in [6, 6.07) is 14.7. The van der Waals surface area contributed by atoms with Crippen molar-refractivity contribution in [2.75, 3.05) is 0 Å². The minimum Gasteiger partial charge on any atom is -0.298 e. The number of carbonyl (C=O) groups is 1. The van der Waals surface area contributed by atoms with Crippen molar-refractivity contribution in [3.8, 4) is 11.1 Å². The first kappa shape index (κ1) is 16.0. The van der Waals surface area contributed by atoms with Crippen molar-refractivity contribution in [3.05, 3.63) is 59.2 Å². The number of rotatable bonds is 5. The van der Waals surface area contributed by atoms with Gasteiger partial charge in [-0.1, -0.05) is 75.1 Å². The van der Waals surface area contributed by atoms with Gasteiger partial charge in [0.15, 0.2) is 6.29 Å². The summed E-state index contributed by atoms with van der Waals surface area (Å²) in [5, 5.41) is 0. The Kier molecular flexibility index (Phi) is 5.27. The highest BCUT2D eigenvalue weighted by Crippen LogP contribution is 2.39. The molecule has 1 aliphatic carbocycles. The minimum atomic E-state index is 0.564. The van der Waals surface area contributed by atoms with E-state index in [2.05, 4.69) is 31.2 Å². The smallest absolute Gasteiger partial charge is 0.150 e. The summed E-state index contributed by atoms with van der Waals surface area (Å²) in [5.74, 6) is 0.564. The predicted octanol–water partition coefficient (Wildman–Crippen LogP) is 6.17. The maximum absolute atomic E-state index is 12.0. The summed E-state index contributed by atoms with van der Waals surface area (Å²) in [5.41, 5.74) is 5.92. The van der Waals surface area contributed by atoms with Crippen molar-refractivity contribution in [1.82, 2.24) is 0 Å². The number of aldehydes is 1. The van der Waals surface area contributed by atoms with E-state index in [1.54, 1.807) is 0 Å². The van der Waals surface area contributed by atoms with E-state index in [1.807, 2.05) is 18.2 Å². The van der Waals surface area contributed by atoms with Gasteiger partial charge in [0.05, 0.1) is 0 Å². The van der Waals surface area contributed by atoms with Crippen LogP contribution in [0.3, 0.4) is 0 Å². The molecular formula is C22H26O. The van der Waals surface area contributed by atoms with Gasteiger partial charge in [-0.2, -0.15) is 0 Å². The molecule has 2 aromatic rings. The summed E-state index contributed by atoms with van der Waals surface area (Å²) in [4.78, 5) is 12.0. The zero-order valence-corrected chi connectivity index (χ0v) is 14.1. The third-order valence-corrected chi connectivity index (χ3v) is 5.11. The molecule has 0 unspecified atom stereocenters. The standard InChI is InChI=1S/C22H26O/c1-2-9-18-14-15-20(17-10-5-3-6-11-17)21(16-23)22(18)19-12-7-4-8-13-19/h3,5-6,10-11,14-16,19H,2,4,7-9,12-13H2,1H3. The van der Waals surface area contributed by atoms with Crippen LogP contribution in [0.25, 0.3) is 11.1 Å². The van der Waals surface area contributed by atoms with Crippen LogP contribution in [-0.4, -0.2) is 6.29 Å². The molecule has 0 aliphatic heterocycles. The minimum absolute atomic E-state index is 0.564. The van der Waals surface area contributed by atoms with Gasteiger partial charge in [-0.15, -0.1) is 0 Å². The summed E-state index contributed by atoms with van der Waals surface area (Å²) < 4.78 is 0. The second-order valence-electron chi connectivity index (χ2n) is 6.67. The Morgan fingerprint density at radius 3 is 2.39 bits per heavy atom. The van der Waals surface area contributed by atoms with Gasteiger partial charge in [-0.05, 0) is 47.4 Å². The summed E-state index contributed by atoms with van der Waals surface area (Å²) >= 11 is 0. The third kappa shape index (κ3) is 3.39. The van der Waals surface area contributed by atoms with E-state index in [0.717, 1.165) is 35.8 Å². The Hall–Kier alpha value is -1.89. The van der Waals surface area contributed by atoms with Crippen molar-refractivity contribution in [1.29, 1.82) is 0 Å². The second-order valence-corrected chi connectivity index (χ2v) is 6.67. The lowest BCUT2D eigenvalue weighted by atomic mass is 9.77. The van der Waals surface area contributed by atoms with Gasteiger partial charge in [0.2, 0.25) is 0 Å². The van der Waals surface area contributed by atoms with Crippen molar-refractivity contribution in [2.45, 2.75) is 57.8 Å². The van der Waals surface area contributed by atoms with E-state index in [0.29, 0.717) is 5.92 Å². The molecule has 0 aromatic heterocycles. The Labute approximate surface area is 139 Å². The van der Waals surface area contributed by atoms with Crippen molar-refractivity contribution in [3.63, 3.8) is 0 Å². The van der Waals surface area contributed by atoms with E-state index < -0.39 is 0 Å². The Bertz CT molecular complexity index is 651. The largest absolute Gasteiger partial charge is 0.298 e. The molecule has 120 valence electrons. The lowest BCUT2D eigenvalue weighted by Gasteiger charge is -2.27. The maximum atomic E-state index is 12.0. The lowest BCUT2D eigenvalue weighted by molar-refractivity contribution is 0.112. The van der Waals surface area contributed by atoms with Gasteiger partial charge in [0, 0.05) is 5.56 Å². The van der Waals surface area contributed by atoms with Crippen LogP contribution in [-0.2, 0) is 6.42 Å².